The summed E-state index contributed by atoms with van der Waals surface area (Å²) < 4.78 is 24.2. The minimum atomic E-state index is -3.15. The molecule has 0 saturated carbocycles. The molecule has 0 amide bonds. The van der Waals surface area contributed by atoms with Crippen molar-refractivity contribution < 1.29 is 8.42 Å². The first-order chi connectivity index (χ1) is 8.99. The summed E-state index contributed by atoms with van der Waals surface area (Å²) in [6, 6.07) is 6.85. The van der Waals surface area contributed by atoms with E-state index in [1.165, 1.54) is 0 Å². The molecule has 0 aliphatic heterocycles. The maximum atomic E-state index is 12.1. The molecule has 3 nitrogen and oxygen atoms in total. The molecule has 1 rings (SSSR count). The van der Waals surface area contributed by atoms with E-state index in [9.17, 15) is 8.42 Å². The zero-order valence-electron chi connectivity index (χ0n) is 11.6. The van der Waals surface area contributed by atoms with Crippen molar-refractivity contribution in [3.05, 3.63) is 29.8 Å². The van der Waals surface area contributed by atoms with Gasteiger partial charge in [0.1, 0.15) is 0 Å². The van der Waals surface area contributed by atoms with Gasteiger partial charge in [0.05, 0.1) is 10.6 Å². The Morgan fingerprint density at radius 1 is 1.26 bits per heavy atom. The lowest BCUT2D eigenvalue weighted by molar-refractivity contribution is 0.597. The second kappa shape index (κ2) is 7.92. The Labute approximate surface area is 120 Å². The molecule has 19 heavy (non-hydrogen) atoms. The standard InChI is InChI=1S/C14H23NO2S2/c1-3-12(2)11-18-8-9-19(16,17)14-6-4-13(10-15)5-7-14/h4-7,12H,3,8-11,15H2,1-2H3. The summed E-state index contributed by atoms with van der Waals surface area (Å²) in [4.78, 5) is 0.397. The van der Waals surface area contributed by atoms with Crippen LogP contribution in [0.5, 0.6) is 0 Å². The summed E-state index contributed by atoms with van der Waals surface area (Å²) in [6.45, 7) is 4.78. The van der Waals surface area contributed by atoms with Crippen molar-refractivity contribution in [2.75, 3.05) is 17.3 Å². The van der Waals surface area contributed by atoms with Gasteiger partial charge in [0.15, 0.2) is 9.84 Å². The average Bonchev–Trinajstić information content (AvgIpc) is 2.43. The van der Waals surface area contributed by atoms with Crippen molar-refractivity contribution in [1.29, 1.82) is 0 Å². The van der Waals surface area contributed by atoms with Gasteiger partial charge in [-0.1, -0.05) is 32.4 Å². The van der Waals surface area contributed by atoms with E-state index in [4.69, 9.17) is 5.73 Å². The van der Waals surface area contributed by atoms with Gasteiger partial charge in [-0.05, 0) is 29.4 Å². The molecule has 0 fully saturated rings. The quantitative estimate of drug-likeness (QED) is 0.750. The number of rotatable bonds is 8. The molecule has 108 valence electrons. The predicted molar refractivity (Wildman–Crippen MR) is 83.2 cm³/mol. The number of hydrogen-bond acceptors (Lipinski definition) is 4. The summed E-state index contributed by atoms with van der Waals surface area (Å²) in [7, 11) is -3.15. The van der Waals surface area contributed by atoms with E-state index in [1.54, 1.807) is 36.0 Å². The first-order valence-electron chi connectivity index (χ1n) is 6.59. The van der Waals surface area contributed by atoms with Gasteiger partial charge in [-0.3, -0.25) is 0 Å². The summed E-state index contributed by atoms with van der Waals surface area (Å²) >= 11 is 1.72. The van der Waals surface area contributed by atoms with Crippen molar-refractivity contribution in [1.82, 2.24) is 0 Å². The van der Waals surface area contributed by atoms with Crippen LogP contribution < -0.4 is 5.73 Å². The molecule has 0 radical (unpaired) electrons. The van der Waals surface area contributed by atoms with Crippen LogP contribution in [0, 0.1) is 5.92 Å². The van der Waals surface area contributed by atoms with Crippen LogP contribution in [0.4, 0.5) is 0 Å². The summed E-state index contributed by atoms with van der Waals surface area (Å²) in [6.07, 6.45) is 1.14. The van der Waals surface area contributed by atoms with Gasteiger partial charge in [-0.25, -0.2) is 8.42 Å². The molecule has 0 spiro atoms. The van der Waals surface area contributed by atoms with Crippen LogP contribution in [0.15, 0.2) is 29.2 Å². The lowest BCUT2D eigenvalue weighted by atomic mass is 10.2. The van der Waals surface area contributed by atoms with Gasteiger partial charge in [-0.15, -0.1) is 0 Å². The highest BCUT2D eigenvalue weighted by Gasteiger charge is 2.14. The van der Waals surface area contributed by atoms with Gasteiger partial charge in [0.25, 0.3) is 0 Å². The molecule has 0 aromatic heterocycles. The molecule has 0 aliphatic carbocycles. The maximum absolute atomic E-state index is 12.1. The van der Waals surface area contributed by atoms with E-state index in [2.05, 4.69) is 13.8 Å². The van der Waals surface area contributed by atoms with E-state index in [0.717, 1.165) is 17.7 Å². The molecule has 0 saturated heterocycles. The van der Waals surface area contributed by atoms with E-state index >= 15 is 0 Å². The van der Waals surface area contributed by atoms with Gasteiger partial charge >= 0.3 is 0 Å². The lowest BCUT2D eigenvalue weighted by Gasteiger charge is -2.08. The van der Waals surface area contributed by atoms with Crippen LogP contribution in [0.1, 0.15) is 25.8 Å². The predicted octanol–water partition coefficient (Wildman–Crippen LogP) is 2.70. The van der Waals surface area contributed by atoms with Crippen LogP contribution >= 0.6 is 11.8 Å². The third-order valence-corrected chi connectivity index (χ3v) is 6.40. The fraction of sp³-hybridized carbons (Fsp3) is 0.571. The van der Waals surface area contributed by atoms with Crippen molar-refractivity contribution in [2.45, 2.75) is 31.7 Å². The molecule has 0 bridgehead atoms. The minimum absolute atomic E-state index is 0.204. The average molecular weight is 301 g/mol. The Morgan fingerprint density at radius 3 is 2.42 bits per heavy atom. The third kappa shape index (κ3) is 5.55. The summed E-state index contributed by atoms with van der Waals surface area (Å²) in [5.74, 6) is 2.54. The zero-order chi connectivity index (χ0) is 14.3. The second-order valence-corrected chi connectivity index (χ2v) is 8.01. The Balaban J connectivity index is 2.51. The molecule has 0 aliphatic rings. The van der Waals surface area contributed by atoms with Gasteiger partial charge < -0.3 is 5.73 Å². The largest absolute Gasteiger partial charge is 0.326 e. The molecular weight excluding hydrogens is 278 g/mol. The van der Waals surface area contributed by atoms with E-state index in [0.29, 0.717) is 23.1 Å². The van der Waals surface area contributed by atoms with Crippen molar-refractivity contribution >= 4 is 21.6 Å². The van der Waals surface area contributed by atoms with Crippen molar-refractivity contribution in [3.8, 4) is 0 Å². The zero-order valence-corrected chi connectivity index (χ0v) is 13.3. The van der Waals surface area contributed by atoms with E-state index in [1.807, 2.05) is 0 Å². The monoisotopic (exact) mass is 301 g/mol. The first kappa shape index (κ1) is 16.5. The summed E-state index contributed by atoms with van der Waals surface area (Å²) in [5.41, 5.74) is 6.45. The lowest BCUT2D eigenvalue weighted by Crippen LogP contribution is -2.10. The molecule has 5 heteroatoms. The van der Waals surface area contributed by atoms with Crippen molar-refractivity contribution in [3.63, 3.8) is 0 Å². The Kier molecular flexibility index (Phi) is 6.89. The van der Waals surface area contributed by atoms with E-state index in [-0.39, 0.29) is 5.75 Å². The molecule has 1 aromatic carbocycles. The van der Waals surface area contributed by atoms with Crippen LogP contribution in [0.25, 0.3) is 0 Å². The highest BCUT2D eigenvalue weighted by atomic mass is 32.2. The number of thioether (sulfide) groups is 1. The first-order valence-corrected chi connectivity index (χ1v) is 9.39. The van der Waals surface area contributed by atoms with Crippen LogP contribution in [0.2, 0.25) is 0 Å². The molecule has 0 heterocycles. The highest BCUT2D eigenvalue weighted by molar-refractivity contribution is 8.00. The van der Waals surface area contributed by atoms with Crippen molar-refractivity contribution in [2.24, 2.45) is 11.7 Å². The molecule has 1 aromatic rings. The number of nitrogens with two attached hydrogens (primary N) is 1. The fourth-order valence-corrected chi connectivity index (χ4v) is 4.46. The fourth-order valence-electron chi connectivity index (χ4n) is 1.52. The third-order valence-electron chi connectivity index (χ3n) is 3.11. The Bertz CT molecular complexity index is 469. The van der Waals surface area contributed by atoms with E-state index < -0.39 is 9.84 Å². The smallest absolute Gasteiger partial charge is 0.179 e. The Morgan fingerprint density at radius 2 is 1.89 bits per heavy atom. The molecule has 1 unspecified atom stereocenters. The molecular formula is C14H23NO2S2. The van der Waals surface area contributed by atoms with Gasteiger partial charge in [-0.2, -0.15) is 11.8 Å². The maximum Gasteiger partial charge on any atom is 0.179 e. The summed E-state index contributed by atoms with van der Waals surface area (Å²) in [5, 5.41) is 0. The minimum Gasteiger partial charge on any atom is -0.326 e. The highest BCUT2D eigenvalue weighted by Crippen LogP contribution is 2.16. The SMILES string of the molecule is CCC(C)CSCCS(=O)(=O)c1ccc(CN)cc1. The van der Waals surface area contributed by atoms with Crippen LogP contribution in [-0.2, 0) is 16.4 Å². The number of sulfone groups is 1. The Hall–Kier alpha value is -0.520. The van der Waals surface area contributed by atoms with Crippen LogP contribution in [0.3, 0.4) is 0 Å². The molecule has 1 atom stereocenters. The molecule has 2 N–H and O–H groups in total. The number of benzene rings is 1. The second-order valence-electron chi connectivity index (χ2n) is 4.76. The van der Waals surface area contributed by atoms with Gasteiger partial charge in [0, 0.05) is 12.3 Å². The topological polar surface area (TPSA) is 60.2 Å². The van der Waals surface area contributed by atoms with Crippen LogP contribution in [-0.4, -0.2) is 25.7 Å². The van der Waals surface area contributed by atoms with Gasteiger partial charge in [0.2, 0.25) is 0 Å². The normalized spacial score (nSPS) is 13.4. The number of hydrogen-bond donors (Lipinski definition) is 1.